The topological polar surface area (TPSA) is 73.4 Å². The molecule has 1 aliphatic heterocycles. The highest BCUT2D eigenvalue weighted by atomic mass is 16.5. The lowest BCUT2D eigenvalue weighted by atomic mass is 10.2. The Morgan fingerprint density at radius 3 is 2.80 bits per heavy atom. The van der Waals surface area contributed by atoms with Gasteiger partial charge in [0.05, 0.1) is 18.5 Å². The molecule has 1 aromatic heterocycles. The van der Waals surface area contributed by atoms with Crippen LogP contribution in [0, 0.1) is 5.92 Å². The van der Waals surface area contributed by atoms with Gasteiger partial charge in [-0.15, -0.1) is 0 Å². The summed E-state index contributed by atoms with van der Waals surface area (Å²) in [6, 6.07) is 9.83. The monoisotopic (exact) mass is 342 g/mol. The summed E-state index contributed by atoms with van der Waals surface area (Å²) >= 11 is 0. The maximum Gasteiger partial charge on any atom is 0.278 e. The first-order chi connectivity index (χ1) is 12.1. The number of nitrogens with two attached hydrogens (primary N) is 1. The minimum atomic E-state index is -0.0959. The van der Waals surface area contributed by atoms with Gasteiger partial charge in [0.2, 0.25) is 0 Å². The van der Waals surface area contributed by atoms with Gasteiger partial charge in [0.25, 0.3) is 5.91 Å². The zero-order valence-corrected chi connectivity index (χ0v) is 14.9. The van der Waals surface area contributed by atoms with Crippen LogP contribution in [-0.2, 0) is 0 Å². The van der Waals surface area contributed by atoms with Crippen LogP contribution in [0.4, 0.5) is 0 Å². The molecule has 2 N–H and O–H groups in total. The van der Waals surface area contributed by atoms with E-state index in [4.69, 9.17) is 10.5 Å². The molecule has 1 amide bonds. The average molecular weight is 342 g/mol. The van der Waals surface area contributed by atoms with Crippen molar-refractivity contribution in [2.75, 3.05) is 19.7 Å². The van der Waals surface area contributed by atoms with Gasteiger partial charge in [0.1, 0.15) is 0 Å². The van der Waals surface area contributed by atoms with E-state index in [2.05, 4.69) is 18.9 Å². The molecule has 2 heterocycles. The highest BCUT2D eigenvalue weighted by molar-refractivity contribution is 5.95. The van der Waals surface area contributed by atoms with E-state index in [-0.39, 0.29) is 11.9 Å². The Balaban J connectivity index is 1.92. The number of aromatic nitrogens is 2. The van der Waals surface area contributed by atoms with Crippen LogP contribution in [-0.4, -0.2) is 46.3 Å². The molecule has 0 aliphatic carbocycles. The van der Waals surface area contributed by atoms with Gasteiger partial charge in [0, 0.05) is 19.1 Å². The van der Waals surface area contributed by atoms with Crippen LogP contribution in [0.25, 0.3) is 5.69 Å². The van der Waals surface area contributed by atoms with Crippen LogP contribution in [0.2, 0.25) is 0 Å². The molecule has 1 aliphatic rings. The number of likely N-dealkylation sites (tertiary alicyclic amines) is 1. The van der Waals surface area contributed by atoms with E-state index in [0.29, 0.717) is 30.5 Å². The molecule has 1 unspecified atom stereocenters. The summed E-state index contributed by atoms with van der Waals surface area (Å²) in [5.74, 6) is 0.804. The molecule has 6 heteroatoms. The highest BCUT2D eigenvalue weighted by Crippen LogP contribution is 2.26. The largest absolute Gasteiger partial charge is 0.489 e. The Labute approximate surface area is 148 Å². The van der Waals surface area contributed by atoms with Crippen LogP contribution < -0.4 is 10.5 Å². The zero-order valence-electron chi connectivity index (χ0n) is 14.9. The van der Waals surface area contributed by atoms with Crippen molar-refractivity contribution in [3.05, 3.63) is 42.2 Å². The molecule has 1 saturated heterocycles. The number of para-hydroxylation sites is 1. The van der Waals surface area contributed by atoms with Crippen molar-refractivity contribution in [2.24, 2.45) is 11.7 Å². The van der Waals surface area contributed by atoms with E-state index >= 15 is 0 Å². The van der Waals surface area contributed by atoms with Crippen molar-refractivity contribution in [2.45, 2.75) is 32.7 Å². The van der Waals surface area contributed by atoms with Gasteiger partial charge < -0.3 is 15.4 Å². The normalized spacial score (nSPS) is 17.3. The maximum atomic E-state index is 13.0. The molecule has 2 aromatic rings. The molecule has 1 aromatic carbocycles. The van der Waals surface area contributed by atoms with Crippen molar-refractivity contribution in [3.8, 4) is 11.4 Å². The smallest absolute Gasteiger partial charge is 0.278 e. The van der Waals surface area contributed by atoms with E-state index in [1.54, 1.807) is 10.9 Å². The number of rotatable bonds is 6. The lowest BCUT2D eigenvalue weighted by Crippen LogP contribution is -2.40. The standard InChI is InChI=1S/C19H26N4O2/c1-14(2)13-25-17-12-23(15-7-4-3-5-8-15)21-18(17)19(24)22-10-6-9-16(22)11-20/h3-5,7-8,12,14,16H,6,9-11,13,20H2,1-2H3. The maximum absolute atomic E-state index is 13.0. The van der Waals surface area contributed by atoms with E-state index in [9.17, 15) is 4.79 Å². The molecular weight excluding hydrogens is 316 g/mol. The molecular formula is C19H26N4O2. The second kappa shape index (κ2) is 7.70. The van der Waals surface area contributed by atoms with Crippen molar-refractivity contribution < 1.29 is 9.53 Å². The SMILES string of the molecule is CC(C)COc1cn(-c2ccccc2)nc1C(=O)N1CCCC1CN. The number of hydrogen-bond donors (Lipinski definition) is 1. The van der Waals surface area contributed by atoms with E-state index in [0.717, 1.165) is 25.1 Å². The second-order valence-corrected chi connectivity index (χ2v) is 6.86. The van der Waals surface area contributed by atoms with Gasteiger partial charge in [-0.3, -0.25) is 4.79 Å². The third-order valence-corrected chi connectivity index (χ3v) is 4.39. The third kappa shape index (κ3) is 3.85. The molecule has 0 spiro atoms. The van der Waals surface area contributed by atoms with Crippen LogP contribution in [0.1, 0.15) is 37.2 Å². The molecule has 0 bridgehead atoms. The first-order valence-electron chi connectivity index (χ1n) is 8.89. The summed E-state index contributed by atoms with van der Waals surface area (Å²) in [4.78, 5) is 14.9. The number of benzene rings is 1. The molecule has 1 atom stereocenters. The van der Waals surface area contributed by atoms with Gasteiger partial charge in [-0.05, 0) is 30.9 Å². The number of carbonyl (C=O) groups is 1. The van der Waals surface area contributed by atoms with Gasteiger partial charge in [-0.25, -0.2) is 4.68 Å². The predicted octanol–water partition coefficient (Wildman–Crippen LogP) is 2.47. The molecule has 6 nitrogen and oxygen atoms in total. The van der Waals surface area contributed by atoms with Crippen LogP contribution in [0.5, 0.6) is 5.75 Å². The Hall–Kier alpha value is -2.34. The first kappa shape index (κ1) is 17.5. The summed E-state index contributed by atoms with van der Waals surface area (Å²) in [5.41, 5.74) is 7.08. The van der Waals surface area contributed by atoms with E-state index in [1.165, 1.54) is 0 Å². The van der Waals surface area contributed by atoms with Gasteiger partial charge in [-0.2, -0.15) is 5.10 Å². The number of amides is 1. The van der Waals surface area contributed by atoms with Gasteiger partial charge in [-0.1, -0.05) is 32.0 Å². The molecule has 134 valence electrons. The Bertz CT molecular complexity index is 711. The summed E-state index contributed by atoms with van der Waals surface area (Å²) in [6.45, 7) is 5.90. The van der Waals surface area contributed by atoms with E-state index in [1.807, 2.05) is 35.2 Å². The number of ether oxygens (including phenoxy) is 1. The fraction of sp³-hybridized carbons (Fsp3) is 0.474. The van der Waals surface area contributed by atoms with Crippen molar-refractivity contribution in [1.82, 2.24) is 14.7 Å². The second-order valence-electron chi connectivity index (χ2n) is 6.86. The number of hydrogen-bond acceptors (Lipinski definition) is 4. The quantitative estimate of drug-likeness (QED) is 0.875. The number of nitrogens with zero attached hydrogens (tertiary/aromatic N) is 3. The highest BCUT2D eigenvalue weighted by Gasteiger charge is 2.32. The lowest BCUT2D eigenvalue weighted by Gasteiger charge is -2.22. The fourth-order valence-corrected chi connectivity index (χ4v) is 3.07. The molecule has 0 radical (unpaired) electrons. The van der Waals surface area contributed by atoms with Crippen LogP contribution in [0.3, 0.4) is 0 Å². The van der Waals surface area contributed by atoms with Crippen molar-refractivity contribution >= 4 is 5.91 Å². The van der Waals surface area contributed by atoms with Crippen LogP contribution >= 0.6 is 0 Å². The molecule has 3 rings (SSSR count). The minimum Gasteiger partial charge on any atom is -0.489 e. The molecule has 25 heavy (non-hydrogen) atoms. The van der Waals surface area contributed by atoms with Gasteiger partial charge in [0.15, 0.2) is 11.4 Å². The van der Waals surface area contributed by atoms with Crippen molar-refractivity contribution in [3.63, 3.8) is 0 Å². The third-order valence-electron chi connectivity index (χ3n) is 4.39. The zero-order chi connectivity index (χ0) is 17.8. The Kier molecular flexibility index (Phi) is 5.38. The fourth-order valence-electron chi connectivity index (χ4n) is 3.07. The molecule has 0 saturated carbocycles. The Morgan fingerprint density at radius 2 is 2.12 bits per heavy atom. The first-order valence-corrected chi connectivity index (χ1v) is 8.89. The van der Waals surface area contributed by atoms with Crippen molar-refractivity contribution in [1.29, 1.82) is 0 Å². The average Bonchev–Trinajstić information content (AvgIpc) is 3.27. The Morgan fingerprint density at radius 1 is 1.36 bits per heavy atom. The summed E-state index contributed by atoms with van der Waals surface area (Å²) in [6.07, 6.45) is 3.72. The lowest BCUT2D eigenvalue weighted by molar-refractivity contribution is 0.0729. The van der Waals surface area contributed by atoms with Gasteiger partial charge >= 0.3 is 0 Å². The van der Waals surface area contributed by atoms with Crippen LogP contribution in [0.15, 0.2) is 36.5 Å². The summed E-state index contributed by atoms with van der Waals surface area (Å²) in [5, 5.41) is 4.53. The summed E-state index contributed by atoms with van der Waals surface area (Å²) < 4.78 is 7.59. The number of carbonyl (C=O) groups excluding carboxylic acids is 1. The summed E-state index contributed by atoms with van der Waals surface area (Å²) in [7, 11) is 0. The molecule has 1 fully saturated rings. The minimum absolute atomic E-state index is 0.0901. The predicted molar refractivity (Wildman–Crippen MR) is 97.0 cm³/mol. The van der Waals surface area contributed by atoms with E-state index < -0.39 is 0 Å².